The molecule has 0 bridgehead atoms. The predicted molar refractivity (Wildman–Crippen MR) is 128 cm³/mol. The molecule has 4 rings (SSSR count). The minimum atomic E-state index is -1.67. The molecule has 0 aromatic carbocycles. The maximum Gasteiger partial charge on any atom is 0.325 e. The maximum absolute atomic E-state index is 12.8. The van der Waals surface area contributed by atoms with Crippen LogP contribution in [0.4, 0.5) is 0 Å². The zero-order chi connectivity index (χ0) is 25.8. The summed E-state index contributed by atoms with van der Waals surface area (Å²) in [6.07, 6.45) is 4.49. The van der Waals surface area contributed by atoms with Crippen molar-refractivity contribution in [3.05, 3.63) is 23.5 Å². The number of hydrogen-bond acceptors (Lipinski definition) is 8. The fraction of sp³-hybridized carbons (Fsp3) is 0.741. The first kappa shape index (κ1) is 26.2. The summed E-state index contributed by atoms with van der Waals surface area (Å²) in [5.41, 5.74) is -2.51. The summed E-state index contributed by atoms with van der Waals surface area (Å²) in [4.78, 5) is 39.9. The van der Waals surface area contributed by atoms with Gasteiger partial charge in [-0.3, -0.25) is 19.3 Å². The molecule has 3 saturated carbocycles. The van der Waals surface area contributed by atoms with Crippen molar-refractivity contribution in [1.29, 1.82) is 0 Å². The van der Waals surface area contributed by atoms with Crippen LogP contribution < -0.4 is 0 Å². The summed E-state index contributed by atoms with van der Waals surface area (Å²) >= 11 is 0. The van der Waals surface area contributed by atoms with Crippen molar-refractivity contribution in [3.63, 3.8) is 0 Å². The van der Waals surface area contributed by atoms with Gasteiger partial charge in [-0.25, -0.2) is 0 Å². The van der Waals surface area contributed by atoms with Crippen LogP contribution in [0.25, 0.3) is 0 Å². The standard InChI is InChI=1S/C27H39NO7/c1-5-28(6-2)14-23(33)35-22-12-17(30)11-16-7-8-18-19-9-10-27(34,21(32)15-29)25(19,3)13-20(31)24(18)26(16,22)4/h11-12,18-20,24,29,31,34H,5-10,13-15H2,1-4H3/t18-,19-,20-,24+,25-,26+,27-/m1/s1. The molecule has 8 nitrogen and oxygen atoms in total. The largest absolute Gasteiger partial charge is 0.429 e. The summed E-state index contributed by atoms with van der Waals surface area (Å²) in [6, 6.07) is 0. The molecular formula is C27H39NO7. The Morgan fingerprint density at radius 1 is 1.17 bits per heavy atom. The van der Waals surface area contributed by atoms with Gasteiger partial charge in [0.1, 0.15) is 18.0 Å². The Balaban J connectivity index is 1.69. The number of carbonyl (C=O) groups is 3. The van der Waals surface area contributed by atoms with E-state index in [2.05, 4.69) is 0 Å². The van der Waals surface area contributed by atoms with E-state index < -0.39 is 40.9 Å². The number of aliphatic hydroxyl groups is 3. The van der Waals surface area contributed by atoms with Crippen LogP contribution in [0.5, 0.6) is 0 Å². The highest BCUT2D eigenvalue weighted by Gasteiger charge is 2.69. The van der Waals surface area contributed by atoms with Crippen LogP contribution in [0.2, 0.25) is 0 Å². The molecule has 8 heteroatoms. The lowest BCUT2D eigenvalue weighted by Crippen LogP contribution is -2.62. The minimum absolute atomic E-state index is 0.0375. The van der Waals surface area contributed by atoms with Crippen molar-refractivity contribution in [1.82, 2.24) is 4.90 Å². The van der Waals surface area contributed by atoms with Gasteiger partial charge in [-0.15, -0.1) is 0 Å². The predicted octanol–water partition coefficient (Wildman–Crippen LogP) is 1.77. The number of esters is 1. The molecule has 0 radical (unpaired) electrons. The molecule has 0 spiro atoms. The highest BCUT2D eigenvalue weighted by molar-refractivity contribution is 6.02. The molecule has 3 fully saturated rings. The smallest absolute Gasteiger partial charge is 0.325 e. The van der Waals surface area contributed by atoms with Crippen molar-refractivity contribution in [2.45, 2.75) is 71.5 Å². The van der Waals surface area contributed by atoms with Gasteiger partial charge in [-0.1, -0.05) is 26.3 Å². The highest BCUT2D eigenvalue weighted by Crippen LogP contribution is 2.68. The monoisotopic (exact) mass is 489 g/mol. The number of rotatable bonds is 7. The van der Waals surface area contributed by atoms with E-state index >= 15 is 0 Å². The number of aliphatic hydroxyl groups excluding tert-OH is 2. The second-order valence-electron chi connectivity index (χ2n) is 11.2. The van der Waals surface area contributed by atoms with E-state index in [1.807, 2.05) is 32.6 Å². The number of ether oxygens (including phenoxy) is 1. The molecule has 0 aromatic heterocycles. The first-order chi connectivity index (χ1) is 16.5. The molecule has 7 atom stereocenters. The average Bonchev–Trinajstić information content (AvgIpc) is 3.08. The molecule has 0 unspecified atom stereocenters. The number of fused-ring (bicyclic) bond motifs is 5. The van der Waals surface area contributed by atoms with Crippen molar-refractivity contribution in [3.8, 4) is 0 Å². The Hall–Kier alpha value is -1.87. The van der Waals surface area contributed by atoms with Crippen molar-refractivity contribution in [2.24, 2.45) is 28.6 Å². The number of nitrogens with zero attached hydrogens (tertiary/aromatic N) is 1. The minimum Gasteiger partial charge on any atom is -0.429 e. The lowest BCUT2D eigenvalue weighted by molar-refractivity contribution is -0.182. The van der Waals surface area contributed by atoms with Gasteiger partial charge >= 0.3 is 5.97 Å². The average molecular weight is 490 g/mol. The number of allylic oxidation sites excluding steroid dienone is 3. The number of carbonyl (C=O) groups excluding carboxylic acids is 3. The van der Waals surface area contributed by atoms with E-state index in [0.29, 0.717) is 32.4 Å². The molecule has 0 aromatic rings. The van der Waals surface area contributed by atoms with E-state index in [4.69, 9.17) is 4.74 Å². The van der Waals surface area contributed by atoms with Crippen LogP contribution in [0.3, 0.4) is 0 Å². The summed E-state index contributed by atoms with van der Waals surface area (Å²) < 4.78 is 5.87. The Labute approximate surface area is 207 Å². The second-order valence-corrected chi connectivity index (χ2v) is 11.2. The topological polar surface area (TPSA) is 124 Å². The summed E-state index contributed by atoms with van der Waals surface area (Å²) in [5, 5.41) is 32.5. The molecule has 0 amide bonds. The van der Waals surface area contributed by atoms with Gasteiger partial charge in [-0.05, 0) is 70.0 Å². The van der Waals surface area contributed by atoms with E-state index in [1.54, 1.807) is 6.08 Å². The third kappa shape index (κ3) is 3.84. The molecule has 0 heterocycles. The first-order valence-corrected chi connectivity index (χ1v) is 12.9. The summed E-state index contributed by atoms with van der Waals surface area (Å²) in [7, 11) is 0. The maximum atomic E-state index is 12.8. The lowest BCUT2D eigenvalue weighted by Gasteiger charge is -2.60. The second kappa shape index (κ2) is 9.21. The van der Waals surface area contributed by atoms with E-state index in [-0.39, 0.29) is 48.7 Å². The number of Topliss-reactive ketones (excluding diaryl/α,β-unsaturated/α-hetero) is 1. The third-order valence-corrected chi connectivity index (χ3v) is 9.86. The van der Waals surface area contributed by atoms with E-state index in [9.17, 15) is 29.7 Å². The van der Waals surface area contributed by atoms with Gasteiger partial charge in [0.25, 0.3) is 0 Å². The van der Waals surface area contributed by atoms with Crippen molar-refractivity contribution < 1.29 is 34.4 Å². The fourth-order valence-electron chi connectivity index (χ4n) is 7.91. The van der Waals surface area contributed by atoms with Crippen LogP contribution in [0.15, 0.2) is 23.5 Å². The lowest BCUT2D eigenvalue weighted by atomic mass is 9.45. The van der Waals surface area contributed by atoms with Crippen LogP contribution in [-0.2, 0) is 19.1 Å². The molecule has 3 N–H and O–H groups in total. The first-order valence-electron chi connectivity index (χ1n) is 12.9. The van der Waals surface area contributed by atoms with Gasteiger partial charge in [0.15, 0.2) is 11.6 Å². The highest BCUT2D eigenvalue weighted by atomic mass is 16.5. The third-order valence-electron chi connectivity index (χ3n) is 9.86. The summed E-state index contributed by atoms with van der Waals surface area (Å²) in [5.74, 6) is -1.37. The van der Waals surface area contributed by atoms with Gasteiger partial charge in [0, 0.05) is 17.4 Å². The molecule has 35 heavy (non-hydrogen) atoms. The number of ketones is 2. The van der Waals surface area contributed by atoms with Gasteiger partial charge in [-0.2, -0.15) is 0 Å². The molecule has 194 valence electrons. The summed E-state index contributed by atoms with van der Waals surface area (Å²) in [6.45, 7) is 8.52. The van der Waals surface area contributed by atoms with Crippen molar-refractivity contribution in [2.75, 3.05) is 26.2 Å². The zero-order valence-corrected chi connectivity index (χ0v) is 21.2. The Kier molecular flexibility index (Phi) is 6.90. The normalized spacial score (nSPS) is 40.4. The molecular weight excluding hydrogens is 450 g/mol. The van der Waals surface area contributed by atoms with Gasteiger partial charge < -0.3 is 20.1 Å². The van der Waals surface area contributed by atoms with Crippen molar-refractivity contribution >= 4 is 17.5 Å². The Bertz CT molecular complexity index is 969. The molecule has 0 saturated heterocycles. The number of hydrogen-bond donors (Lipinski definition) is 3. The molecule has 4 aliphatic rings. The SMILES string of the molecule is CCN(CC)CC(=O)OC1=CC(=O)C=C2CC[C@H]3[C@@H]([C@H](O)C[C@]4(C)[C@@H]3CC[C@@]4(O)C(=O)CO)[C@@]21C. The molecule has 0 aliphatic heterocycles. The van der Waals surface area contributed by atoms with Gasteiger partial charge in [0.05, 0.1) is 18.1 Å². The van der Waals surface area contributed by atoms with Crippen LogP contribution in [0, 0.1) is 28.6 Å². The van der Waals surface area contributed by atoms with Gasteiger partial charge in [0.2, 0.25) is 0 Å². The van der Waals surface area contributed by atoms with Crippen LogP contribution in [0.1, 0.15) is 59.8 Å². The molecule has 4 aliphatic carbocycles. The Morgan fingerprint density at radius 3 is 2.49 bits per heavy atom. The Morgan fingerprint density at radius 2 is 1.86 bits per heavy atom. The fourth-order valence-corrected chi connectivity index (χ4v) is 7.91. The zero-order valence-electron chi connectivity index (χ0n) is 21.2. The van der Waals surface area contributed by atoms with E-state index in [1.165, 1.54) is 6.08 Å². The number of likely N-dealkylation sites (N-methyl/N-ethyl adjacent to an activating group) is 1. The van der Waals surface area contributed by atoms with Crippen LogP contribution >= 0.6 is 0 Å². The van der Waals surface area contributed by atoms with Crippen LogP contribution in [-0.4, -0.2) is 75.7 Å². The quantitative estimate of drug-likeness (QED) is 0.462. The van der Waals surface area contributed by atoms with E-state index in [0.717, 1.165) is 5.57 Å².